The summed E-state index contributed by atoms with van der Waals surface area (Å²) in [7, 11) is 1.68. The number of rotatable bonds is 7. The Morgan fingerprint density at radius 2 is 2.05 bits per heavy atom. The summed E-state index contributed by atoms with van der Waals surface area (Å²) >= 11 is 0. The van der Waals surface area contributed by atoms with E-state index in [1.54, 1.807) is 13.2 Å². The molecule has 4 nitrogen and oxygen atoms in total. The second-order valence-corrected chi connectivity index (χ2v) is 5.69. The first kappa shape index (κ1) is 16.1. The van der Waals surface area contributed by atoms with Gasteiger partial charge in [-0.2, -0.15) is 0 Å². The molecule has 1 aromatic rings. The summed E-state index contributed by atoms with van der Waals surface area (Å²) in [6, 6.07) is 5.81. The molecule has 1 atom stereocenters. The Morgan fingerprint density at radius 3 is 2.71 bits per heavy atom. The number of aromatic hydroxyl groups is 1. The highest BCUT2D eigenvalue weighted by Gasteiger charge is 2.26. The predicted molar refractivity (Wildman–Crippen MR) is 86.0 cm³/mol. The largest absolute Gasteiger partial charge is 0.507 e. The van der Waals surface area contributed by atoms with E-state index >= 15 is 0 Å². The van der Waals surface area contributed by atoms with Crippen molar-refractivity contribution >= 4 is 0 Å². The summed E-state index contributed by atoms with van der Waals surface area (Å²) in [6.07, 6.45) is 4.70. The molecule has 21 heavy (non-hydrogen) atoms. The maximum absolute atomic E-state index is 10.4. The molecule has 0 unspecified atom stereocenters. The highest BCUT2D eigenvalue weighted by Crippen LogP contribution is 2.39. The van der Waals surface area contributed by atoms with Gasteiger partial charge in [0.25, 0.3) is 0 Å². The molecule has 0 saturated carbocycles. The summed E-state index contributed by atoms with van der Waals surface area (Å²) in [4.78, 5) is 2.48. The molecule has 0 aromatic heterocycles. The fourth-order valence-corrected chi connectivity index (χ4v) is 3.14. The standard InChI is InChI=1S/C17H28N2O2/c1-3-4-5-7-14(19-12-10-18-11-13-19)17-15(20)8-6-9-16(17)21-2/h6,8-9,14,18,20H,3-5,7,10-13H2,1-2H3/t14-/m0/s1. The highest BCUT2D eigenvalue weighted by atomic mass is 16.5. The third kappa shape index (κ3) is 4.11. The summed E-state index contributed by atoms with van der Waals surface area (Å²) < 4.78 is 5.50. The van der Waals surface area contributed by atoms with Crippen LogP contribution in [0.1, 0.15) is 44.2 Å². The summed E-state index contributed by atoms with van der Waals surface area (Å²) in [5, 5.41) is 13.8. The van der Waals surface area contributed by atoms with Crippen molar-refractivity contribution in [1.29, 1.82) is 0 Å². The normalized spacial score (nSPS) is 17.6. The lowest BCUT2D eigenvalue weighted by molar-refractivity contribution is 0.157. The predicted octanol–water partition coefficient (Wildman–Crippen LogP) is 2.93. The molecule has 1 fully saturated rings. The molecule has 118 valence electrons. The van der Waals surface area contributed by atoms with E-state index in [1.807, 2.05) is 12.1 Å². The number of benzene rings is 1. The summed E-state index contributed by atoms with van der Waals surface area (Å²) in [5.74, 6) is 1.16. The zero-order chi connectivity index (χ0) is 15.1. The molecular weight excluding hydrogens is 264 g/mol. The Labute approximate surface area is 128 Å². The minimum atomic E-state index is 0.245. The Kier molecular flexibility index (Phi) is 6.33. The van der Waals surface area contributed by atoms with Crippen LogP contribution < -0.4 is 10.1 Å². The molecule has 2 rings (SSSR count). The van der Waals surface area contributed by atoms with Crippen LogP contribution in [-0.2, 0) is 0 Å². The molecule has 1 heterocycles. The Morgan fingerprint density at radius 1 is 1.29 bits per heavy atom. The second-order valence-electron chi connectivity index (χ2n) is 5.69. The van der Waals surface area contributed by atoms with Crippen LogP contribution in [0.2, 0.25) is 0 Å². The van der Waals surface area contributed by atoms with Crippen molar-refractivity contribution < 1.29 is 9.84 Å². The van der Waals surface area contributed by atoms with Gasteiger partial charge in [0.15, 0.2) is 0 Å². The number of piperazine rings is 1. The van der Waals surface area contributed by atoms with Crippen molar-refractivity contribution in [1.82, 2.24) is 10.2 Å². The zero-order valence-corrected chi connectivity index (χ0v) is 13.3. The minimum absolute atomic E-state index is 0.245. The SMILES string of the molecule is CCCCC[C@@H](c1c(O)cccc1OC)N1CCNCC1. The average molecular weight is 292 g/mol. The molecule has 1 saturated heterocycles. The maximum Gasteiger partial charge on any atom is 0.127 e. The van der Waals surface area contributed by atoms with E-state index in [0.717, 1.165) is 43.9 Å². The van der Waals surface area contributed by atoms with E-state index in [1.165, 1.54) is 19.3 Å². The number of nitrogens with one attached hydrogen (secondary N) is 1. The zero-order valence-electron chi connectivity index (χ0n) is 13.3. The van der Waals surface area contributed by atoms with Crippen molar-refractivity contribution in [2.24, 2.45) is 0 Å². The molecule has 0 spiro atoms. The summed E-state index contributed by atoms with van der Waals surface area (Å²) in [5.41, 5.74) is 0.956. The van der Waals surface area contributed by atoms with Crippen molar-refractivity contribution in [2.45, 2.75) is 38.6 Å². The molecule has 0 radical (unpaired) electrons. The first-order valence-corrected chi connectivity index (χ1v) is 8.08. The van der Waals surface area contributed by atoms with Gasteiger partial charge in [0.05, 0.1) is 12.7 Å². The van der Waals surface area contributed by atoms with E-state index in [-0.39, 0.29) is 6.04 Å². The van der Waals surface area contributed by atoms with Crippen molar-refractivity contribution in [3.05, 3.63) is 23.8 Å². The fraction of sp³-hybridized carbons (Fsp3) is 0.647. The van der Waals surface area contributed by atoms with Crippen LogP contribution >= 0.6 is 0 Å². The molecule has 1 aliphatic rings. The van der Waals surface area contributed by atoms with Gasteiger partial charge in [-0.1, -0.05) is 32.3 Å². The van der Waals surface area contributed by atoms with Crippen LogP contribution in [0, 0.1) is 0 Å². The third-order valence-corrected chi connectivity index (χ3v) is 4.27. The van der Waals surface area contributed by atoms with Crippen LogP contribution in [0.25, 0.3) is 0 Å². The molecule has 2 N–H and O–H groups in total. The molecule has 0 bridgehead atoms. The van der Waals surface area contributed by atoms with Gasteiger partial charge in [0.1, 0.15) is 11.5 Å². The number of phenolic OH excluding ortho intramolecular Hbond substituents is 1. The number of phenols is 1. The average Bonchev–Trinajstić information content (AvgIpc) is 2.53. The van der Waals surface area contributed by atoms with Crippen LogP contribution in [0.5, 0.6) is 11.5 Å². The van der Waals surface area contributed by atoms with Gasteiger partial charge >= 0.3 is 0 Å². The van der Waals surface area contributed by atoms with E-state index in [2.05, 4.69) is 17.1 Å². The number of nitrogens with zero attached hydrogens (tertiary/aromatic N) is 1. The van der Waals surface area contributed by atoms with Gasteiger partial charge in [0.2, 0.25) is 0 Å². The van der Waals surface area contributed by atoms with E-state index in [9.17, 15) is 5.11 Å². The van der Waals surface area contributed by atoms with Gasteiger partial charge in [-0.15, -0.1) is 0 Å². The highest BCUT2D eigenvalue weighted by molar-refractivity contribution is 5.46. The molecule has 0 amide bonds. The lowest BCUT2D eigenvalue weighted by atomic mass is 9.96. The van der Waals surface area contributed by atoms with Gasteiger partial charge in [-0.05, 0) is 18.6 Å². The number of hydrogen-bond donors (Lipinski definition) is 2. The summed E-state index contributed by atoms with van der Waals surface area (Å²) in [6.45, 7) is 6.29. The Bertz CT molecular complexity index is 431. The maximum atomic E-state index is 10.4. The Balaban J connectivity index is 2.24. The number of methoxy groups -OCH3 is 1. The fourth-order valence-electron chi connectivity index (χ4n) is 3.14. The number of hydrogen-bond acceptors (Lipinski definition) is 4. The first-order chi connectivity index (χ1) is 10.3. The van der Waals surface area contributed by atoms with Crippen molar-refractivity contribution in [2.75, 3.05) is 33.3 Å². The molecular formula is C17H28N2O2. The molecule has 1 aromatic carbocycles. The van der Waals surface area contributed by atoms with Crippen LogP contribution in [0.4, 0.5) is 0 Å². The van der Waals surface area contributed by atoms with E-state index in [4.69, 9.17) is 4.74 Å². The lowest BCUT2D eigenvalue weighted by Crippen LogP contribution is -2.45. The Hall–Kier alpha value is -1.26. The lowest BCUT2D eigenvalue weighted by Gasteiger charge is -2.36. The van der Waals surface area contributed by atoms with Gasteiger partial charge in [-0.25, -0.2) is 0 Å². The van der Waals surface area contributed by atoms with Crippen LogP contribution in [0.3, 0.4) is 0 Å². The monoisotopic (exact) mass is 292 g/mol. The molecule has 1 aliphatic heterocycles. The third-order valence-electron chi connectivity index (χ3n) is 4.27. The molecule has 0 aliphatic carbocycles. The van der Waals surface area contributed by atoms with Crippen molar-refractivity contribution in [3.8, 4) is 11.5 Å². The molecule has 4 heteroatoms. The minimum Gasteiger partial charge on any atom is -0.507 e. The van der Waals surface area contributed by atoms with Crippen LogP contribution in [0.15, 0.2) is 18.2 Å². The smallest absolute Gasteiger partial charge is 0.127 e. The first-order valence-electron chi connectivity index (χ1n) is 8.08. The van der Waals surface area contributed by atoms with E-state index in [0.29, 0.717) is 5.75 Å². The van der Waals surface area contributed by atoms with Gasteiger partial charge in [-0.3, -0.25) is 4.90 Å². The topological polar surface area (TPSA) is 44.7 Å². The quantitative estimate of drug-likeness (QED) is 0.759. The number of unbranched alkanes of at least 4 members (excludes halogenated alkanes) is 2. The number of ether oxygens (including phenoxy) is 1. The van der Waals surface area contributed by atoms with Gasteiger partial charge in [0, 0.05) is 32.2 Å². The van der Waals surface area contributed by atoms with Crippen molar-refractivity contribution in [3.63, 3.8) is 0 Å². The van der Waals surface area contributed by atoms with Gasteiger partial charge < -0.3 is 15.2 Å². The second kappa shape index (κ2) is 8.25. The van der Waals surface area contributed by atoms with E-state index < -0.39 is 0 Å². The van der Waals surface area contributed by atoms with Crippen LogP contribution in [-0.4, -0.2) is 43.3 Å².